The molecule has 1 saturated heterocycles. The van der Waals surface area contributed by atoms with Gasteiger partial charge in [0.2, 0.25) is 5.91 Å². The van der Waals surface area contributed by atoms with Gasteiger partial charge in [-0.05, 0) is 20.3 Å². The summed E-state index contributed by atoms with van der Waals surface area (Å²) in [5, 5.41) is 6.18. The van der Waals surface area contributed by atoms with Gasteiger partial charge in [0, 0.05) is 23.8 Å². The summed E-state index contributed by atoms with van der Waals surface area (Å²) in [5.41, 5.74) is 1.02. The molecule has 0 bridgehead atoms. The Morgan fingerprint density at radius 3 is 3.00 bits per heavy atom. The molecule has 1 fully saturated rings. The van der Waals surface area contributed by atoms with E-state index in [1.165, 1.54) is 0 Å². The van der Waals surface area contributed by atoms with Crippen LogP contribution in [0.25, 0.3) is 0 Å². The minimum Gasteiger partial charge on any atom is -0.351 e. The highest BCUT2D eigenvalue weighted by atomic mass is 32.1. The molecular weight excluding hydrogens is 196 g/mol. The van der Waals surface area contributed by atoms with Crippen molar-refractivity contribution in [3.63, 3.8) is 0 Å². The number of hydrogen-bond acceptors (Lipinski definition) is 3. The van der Waals surface area contributed by atoms with Gasteiger partial charge in [-0.25, -0.2) is 4.98 Å². The van der Waals surface area contributed by atoms with Crippen molar-refractivity contribution in [3.8, 4) is 0 Å². The fraction of sp³-hybridized carbons (Fsp3) is 0.600. The van der Waals surface area contributed by atoms with Crippen LogP contribution in [0, 0.1) is 6.92 Å². The summed E-state index contributed by atoms with van der Waals surface area (Å²) in [6.45, 7) is 4.09. The minimum absolute atomic E-state index is 0.0718. The first-order valence-electron chi connectivity index (χ1n) is 4.79. The zero-order valence-electron chi connectivity index (χ0n) is 8.46. The lowest BCUT2D eigenvalue weighted by atomic mass is 9.95. The molecule has 14 heavy (non-hydrogen) atoms. The number of amides is 1. The fourth-order valence-corrected chi connectivity index (χ4v) is 2.49. The Balaban J connectivity index is 2.07. The SMILES string of the molecule is Cc1nc(CC2(C)CCC(=O)N2)cs1. The number of aryl methyl sites for hydroxylation is 1. The first-order chi connectivity index (χ1) is 6.57. The van der Waals surface area contributed by atoms with E-state index in [2.05, 4.69) is 22.6 Å². The quantitative estimate of drug-likeness (QED) is 0.806. The Kier molecular flexibility index (Phi) is 2.31. The van der Waals surface area contributed by atoms with Crippen molar-refractivity contribution in [1.29, 1.82) is 0 Å². The van der Waals surface area contributed by atoms with Crippen LogP contribution in [0.3, 0.4) is 0 Å². The van der Waals surface area contributed by atoms with Gasteiger partial charge in [0.25, 0.3) is 0 Å². The van der Waals surface area contributed by atoms with Gasteiger partial charge in [0.1, 0.15) is 0 Å². The maximum Gasteiger partial charge on any atom is 0.220 e. The van der Waals surface area contributed by atoms with Crippen LogP contribution >= 0.6 is 11.3 Å². The van der Waals surface area contributed by atoms with Crippen LogP contribution in [0.5, 0.6) is 0 Å². The van der Waals surface area contributed by atoms with Gasteiger partial charge < -0.3 is 5.32 Å². The van der Waals surface area contributed by atoms with Crippen molar-refractivity contribution in [2.75, 3.05) is 0 Å². The topological polar surface area (TPSA) is 42.0 Å². The van der Waals surface area contributed by atoms with E-state index in [0.29, 0.717) is 6.42 Å². The van der Waals surface area contributed by atoms with Gasteiger partial charge in [-0.1, -0.05) is 0 Å². The smallest absolute Gasteiger partial charge is 0.220 e. The molecule has 0 saturated carbocycles. The Morgan fingerprint density at radius 1 is 1.71 bits per heavy atom. The van der Waals surface area contributed by atoms with Gasteiger partial charge in [0.05, 0.1) is 10.7 Å². The number of carbonyl (C=O) groups excluding carboxylic acids is 1. The van der Waals surface area contributed by atoms with E-state index < -0.39 is 0 Å². The molecule has 1 N–H and O–H groups in total. The highest BCUT2D eigenvalue weighted by molar-refractivity contribution is 7.09. The Labute approximate surface area is 87.6 Å². The molecule has 1 aromatic heterocycles. The van der Waals surface area contributed by atoms with Gasteiger partial charge in [-0.2, -0.15) is 0 Å². The summed E-state index contributed by atoms with van der Waals surface area (Å²) >= 11 is 1.66. The molecule has 1 aromatic rings. The maximum absolute atomic E-state index is 11.1. The highest BCUT2D eigenvalue weighted by Gasteiger charge is 2.33. The molecule has 0 aromatic carbocycles. The zero-order chi connectivity index (χ0) is 10.2. The van der Waals surface area contributed by atoms with Crippen LogP contribution in [-0.2, 0) is 11.2 Å². The predicted octanol–water partition coefficient (Wildman–Crippen LogP) is 1.66. The van der Waals surface area contributed by atoms with Crippen LogP contribution in [0.15, 0.2) is 5.38 Å². The zero-order valence-corrected chi connectivity index (χ0v) is 9.28. The average molecular weight is 210 g/mol. The monoisotopic (exact) mass is 210 g/mol. The third-order valence-electron chi connectivity index (χ3n) is 2.58. The molecule has 2 heterocycles. The third-order valence-corrected chi connectivity index (χ3v) is 3.41. The van der Waals surface area contributed by atoms with Crippen LogP contribution < -0.4 is 5.32 Å². The molecule has 76 valence electrons. The molecule has 1 unspecified atom stereocenters. The number of nitrogens with one attached hydrogen (secondary N) is 1. The molecule has 1 amide bonds. The lowest BCUT2D eigenvalue weighted by Crippen LogP contribution is -2.40. The lowest BCUT2D eigenvalue weighted by Gasteiger charge is -2.22. The molecule has 4 heteroatoms. The number of carbonyl (C=O) groups is 1. The van der Waals surface area contributed by atoms with Crippen molar-refractivity contribution < 1.29 is 4.79 Å². The molecule has 2 rings (SSSR count). The number of nitrogens with zero attached hydrogens (tertiary/aromatic N) is 1. The number of hydrogen-bond donors (Lipinski definition) is 1. The van der Waals surface area contributed by atoms with E-state index in [-0.39, 0.29) is 11.4 Å². The molecule has 0 spiro atoms. The van der Waals surface area contributed by atoms with Crippen molar-refractivity contribution >= 4 is 17.2 Å². The molecule has 0 radical (unpaired) electrons. The number of aromatic nitrogens is 1. The minimum atomic E-state index is -0.0718. The van der Waals surface area contributed by atoms with E-state index in [9.17, 15) is 4.79 Å². The first-order valence-corrected chi connectivity index (χ1v) is 5.67. The Hall–Kier alpha value is -0.900. The lowest BCUT2D eigenvalue weighted by molar-refractivity contribution is -0.119. The van der Waals surface area contributed by atoms with E-state index in [1.54, 1.807) is 11.3 Å². The maximum atomic E-state index is 11.1. The van der Waals surface area contributed by atoms with Crippen LogP contribution in [0.1, 0.15) is 30.5 Å². The normalized spacial score (nSPS) is 26.6. The summed E-state index contributed by atoms with van der Waals surface area (Å²) < 4.78 is 0. The molecule has 1 aliphatic heterocycles. The van der Waals surface area contributed by atoms with Crippen LogP contribution in [-0.4, -0.2) is 16.4 Å². The second-order valence-electron chi connectivity index (χ2n) is 4.14. The van der Waals surface area contributed by atoms with Crippen molar-refractivity contribution in [3.05, 3.63) is 16.1 Å². The number of thiazole rings is 1. The van der Waals surface area contributed by atoms with Gasteiger partial charge >= 0.3 is 0 Å². The summed E-state index contributed by atoms with van der Waals surface area (Å²) in [6.07, 6.45) is 2.42. The van der Waals surface area contributed by atoms with Crippen molar-refractivity contribution in [1.82, 2.24) is 10.3 Å². The standard InChI is InChI=1S/C10H14N2OS/c1-7-11-8(6-14-7)5-10(2)4-3-9(13)12-10/h6H,3-5H2,1-2H3,(H,12,13). The van der Waals surface area contributed by atoms with Crippen LogP contribution in [0.2, 0.25) is 0 Å². The summed E-state index contributed by atoms with van der Waals surface area (Å²) in [5.74, 6) is 0.166. The summed E-state index contributed by atoms with van der Waals surface area (Å²) in [6, 6.07) is 0. The molecule has 3 nitrogen and oxygen atoms in total. The molecule has 1 atom stereocenters. The highest BCUT2D eigenvalue weighted by Crippen LogP contribution is 2.24. The first kappa shape index (κ1) is 9.65. The largest absolute Gasteiger partial charge is 0.351 e. The average Bonchev–Trinajstić information content (AvgIpc) is 2.60. The van der Waals surface area contributed by atoms with Crippen molar-refractivity contribution in [2.45, 2.75) is 38.6 Å². The van der Waals surface area contributed by atoms with Gasteiger partial charge in [-0.3, -0.25) is 4.79 Å². The molecule has 1 aliphatic rings. The van der Waals surface area contributed by atoms with E-state index in [4.69, 9.17) is 0 Å². The fourth-order valence-electron chi connectivity index (χ4n) is 1.87. The van der Waals surface area contributed by atoms with Crippen molar-refractivity contribution in [2.24, 2.45) is 0 Å². The van der Waals surface area contributed by atoms with E-state index in [1.807, 2.05) is 6.92 Å². The van der Waals surface area contributed by atoms with E-state index in [0.717, 1.165) is 23.5 Å². The second kappa shape index (κ2) is 3.35. The van der Waals surface area contributed by atoms with Crippen LogP contribution in [0.4, 0.5) is 0 Å². The Bertz CT molecular complexity index is 361. The van der Waals surface area contributed by atoms with Gasteiger partial charge in [-0.15, -0.1) is 11.3 Å². The van der Waals surface area contributed by atoms with Gasteiger partial charge in [0.15, 0.2) is 0 Å². The second-order valence-corrected chi connectivity index (χ2v) is 5.21. The summed E-state index contributed by atoms with van der Waals surface area (Å²) in [4.78, 5) is 15.5. The van der Waals surface area contributed by atoms with E-state index >= 15 is 0 Å². The predicted molar refractivity (Wildman–Crippen MR) is 56.3 cm³/mol. The number of rotatable bonds is 2. The summed E-state index contributed by atoms with van der Waals surface area (Å²) in [7, 11) is 0. The molecule has 0 aliphatic carbocycles. The third kappa shape index (κ3) is 1.95. The molecular formula is C10H14N2OS. The Morgan fingerprint density at radius 2 is 2.50 bits per heavy atom.